The van der Waals surface area contributed by atoms with Gasteiger partial charge in [0, 0.05) is 19.2 Å². The quantitative estimate of drug-likeness (QED) is 0.768. The summed E-state index contributed by atoms with van der Waals surface area (Å²) in [5, 5.41) is 3.93. The summed E-state index contributed by atoms with van der Waals surface area (Å²) in [6, 6.07) is 18.2. The second-order valence-corrected chi connectivity index (χ2v) is 6.21. The molecular weight excluding hydrogens is 320 g/mol. The van der Waals surface area contributed by atoms with E-state index in [1.165, 1.54) is 11.1 Å². The monoisotopic (exact) mass is 336 g/mol. The third-order valence-electron chi connectivity index (χ3n) is 4.24. The van der Waals surface area contributed by atoms with Gasteiger partial charge in [0.25, 0.3) is 0 Å². The lowest BCUT2D eigenvalue weighted by Gasteiger charge is -2.29. The molecule has 120 valence electrons. The minimum atomic E-state index is 0.671. The van der Waals surface area contributed by atoms with Crippen molar-refractivity contribution in [2.45, 2.75) is 13.0 Å². The van der Waals surface area contributed by atoms with Crippen LogP contribution in [0.15, 0.2) is 60.9 Å². The van der Waals surface area contributed by atoms with Gasteiger partial charge in [-0.3, -0.25) is 0 Å². The zero-order valence-corrected chi connectivity index (χ0v) is 13.9. The van der Waals surface area contributed by atoms with E-state index in [2.05, 4.69) is 44.5 Å². The van der Waals surface area contributed by atoms with Gasteiger partial charge in [-0.1, -0.05) is 48.0 Å². The summed E-state index contributed by atoms with van der Waals surface area (Å²) in [5.74, 6) is 1.67. The first-order valence-corrected chi connectivity index (χ1v) is 8.33. The molecule has 24 heavy (non-hydrogen) atoms. The summed E-state index contributed by atoms with van der Waals surface area (Å²) in [6.07, 6.45) is 2.63. The molecule has 0 bridgehead atoms. The summed E-state index contributed by atoms with van der Waals surface area (Å²) >= 11 is 6.20. The van der Waals surface area contributed by atoms with E-state index in [1.807, 2.05) is 30.3 Å². The Kier molecular flexibility index (Phi) is 4.05. The highest BCUT2D eigenvalue weighted by molar-refractivity contribution is 6.33. The second kappa shape index (κ2) is 6.49. The molecule has 4 rings (SSSR count). The Morgan fingerprint density at radius 1 is 0.958 bits per heavy atom. The molecule has 0 saturated heterocycles. The molecule has 0 unspecified atom stereocenters. The Labute approximate surface area is 146 Å². The molecule has 1 N–H and O–H groups in total. The molecule has 0 atom stereocenters. The van der Waals surface area contributed by atoms with Crippen LogP contribution >= 0.6 is 11.6 Å². The number of fused-ring (bicyclic) bond motifs is 1. The van der Waals surface area contributed by atoms with E-state index in [9.17, 15) is 0 Å². The molecule has 3 aromatic rings. The van der Waals surface area contributed by atoms with Gasteiger partial charge >= 0.3 is 0 Å². The van der Waals surface area contributed by atoms with Gasteiger partial charge in [0.15, 0.2) is 0 Å². The van der Waals surface area contributed by atoms with Crippen molar-refractivity contribution >= 4 is 28.9 Å². The van der Waals surface area contributed by atoms with Crippen LogP contribution in [-0.2, 0) is 13.0 Å². The van der Waals surface area contributed by atoms with Crippen molar-refractivity contribution in [2.24, 2.45) is 0 Å². The SMILES string of the molecule is Clc1ccccc1Nc1cc(N2CCc3ccccc3C2)ncn1. The van der Waals surface area contributed by atoms with Crippen LogP contribution in [0.4, 0.5) is 17.3 Å². The largest absolute Gasteiger partial charge is 0.352 e. The zero-order valence-electron chi connectivity index (χ0n) is 13.1. The number of para-hydroxylation sites is 1. The lowest BCUT2D eigenvalue weighted by Crippen LogP contribution is -2.31. The topological polar surface area (TPSA) is 41.0 Å². The minimum Gasteiger partial charge on any atom is -0.352 e. The number of nitrogens with zero attached hydrogens (tertiary/aromatic N) is 3. The average Bonchev–Trinajstić information content (AvgIpc) is 2.63. The molecule has 2 heterocycles. The van der Waals surface area contributed by atoms with Gasteiger partial charge in [-0.05, 0) is 29.7 Å². The maximum atomic E-state index is 6.20. The second-order valence-electron chi connectivity index (χ2n) is 5.81. The predicted octanol–water partition coefficient (Wildman–Crippen LogP) is 4.44. The molecule has 0 fully saturated rings. The number of aromatic nitrogens is 2. The molecule has 0 amide bonds. The number of halogens is 1. The molecule has 2 aromatic carbocycles. The highest BCUT2D eigenvalue weighted by Gasteiger charge is 2.17. The maximum Gasteiger partial charge on any atom is 0.135 e. The van der Waals surface area contributed by atoms with E-state index >= 15 is 0 Å². The van der Waals surface area contributed by atoms with Gasteiger partial charge in [-0.2, -0.15) is 0 Å². The van der Waals surface area contributed by atoms with Crippen molar-refractivity contribution < 1.29 is 0 Å². The summed E-state index contributed by atoms with van der Waals surface area (Å²) in [7, 11) is 0. The summed E-state index contributed by atoms with van der Waals surface area (Å²) in [5.41, 5.74) is 3.63. The molecule has 1 aliphatic rings. The fraction of sp³-hybridized carbons (Fsp3) is 0.158. The molecule has 4 nitrogen and oxygen atoms in total. The van der Waals surface area contributed by atoms with Gasteiger partial charge in [0.1, 0.15) is 18.0 Å². The Morgan fingerprint density at radius 3 is 2.62 bits per heavy atom. The van der Waals surface area contributed by atoms with E-state index in [-0.39, 0.29) is 0 Å². The summed E-state index contributed by atoms with van der Waals surface area (Å²) in [6.45, 7) is 1.83. The minimum absolute atomic E-state index is 0.671. The summed E-state index contributed by atoms with van der Waals surface area (Å²) < 4.78 is 0. The third kappa shape index (κ3) is 3.05. The molecule has 0 saturated carbocycles. The van der Waals surface area contributed by atoms with Crippen LogP contribution in [0.3, 0.4) is 0 Å². The van der Waals surface area contributed by atoms with Crippen LogP contribution < -0.4 is 10.2 Å². The van der Waals surface area contributed by atoms with Gasteiger partial charge < -0.3 is 10.2 Å². The van der Waals surface area contributed by atoms with Crippen molar-refractivity contribution in [3.05, 3.63) is 77.1 Å². The first-order valence-electron chi connectivity index (χ1n) is 7.95. The Hall–Kier alpha value is -2.59. The van der Waals surface area contributed by atoms with Crippen molar-refractivity contribution in [3.8, 4) is 0 Å². The van der Waals surface area contributed by atoms with Crippen molar-refractivity contribution in [3.63, 3.8) is 0 Å². The standard InChI is InChI=1S/C19H17ClN4/c20-16-7-3-4-8-17(16)23-18-11-19(22-13-21-18)24-10-9-14-5-1-2-6-15(14)12-24/h1-8,11,13H,9-10,12H2,(H,21,22,23). The van der Waals surface area contributed by atoms with Crippen LogP contribution in [0.1, 0.15) is 11.1 Å². The predicted molar refractivity (Wildman–Crippen MR) is 98.0 cm³/mol. The van der Waals surface area contributed by atoms with Crippen LogP contribution in [0.25, 0.3) is 0 Å². The third-order valence-corrected chi connectivity index (χ3v) is 4.57. The fourth-order valence-corrected chi connectivity index (χ4v) is 3.16. The van der Waals surface area contributed by atoms with Gasteiger partial charge in [0.2, 0.25) is 0 Å². The number of rotatable bonds is 3. The molecule has 5 heteroatoms. The van der Waals surface area contributed by atoms with Gasteiger partial charge in [-0.25, -0.2) is 9.97 Å². The number of hydrogen-bond acceptors (Lipinski definition) is 4. The molecule has 1 aliphatic heterocycles. The van der Waals surface area contributed by atoms with E-state index in [0.29, 0.717) is 5.02 Å². The van der Waals surface area contributed by atoms with E-state index in [1.54, 1.807) is 6.33 Å². The smallest absolute Gasteiger partial charge is 0.135 e. The maximum absolute atomic E-state index is 6.20. The highest BCUT2D eigenvalue weighted by atomic mass is 35.5. The zero-order chi connectivity index (χ0) is 16.4. The normalized spacial score (nSPS) is 13.5. The van der Waals surface area contributed by atoms with Gasteiger partial charge in [0.05, 0.1) is 10.7 Å². The number of nitrogens with one attached hydrogen (secondary N) is 1. The van der Waals surface area contributed by atoms with Crippen LogP contribution in [0.2, 0.25) is 5.02 Å². The van der Waals surface area contributed by atoms with Crippen molar-refractivity contribution in [1.29, 1.82) is 0 Å². The van der Waals surface area contributed by atoms with E-state index in [0.717, 1.165) is 36.8 Å². The lowest BCUT2D eigenvalue weighted by molar-refractivity contribution is 0.719. The van der Waals surface area contributed by atoms with Crippen molar-refractivity contribution in [1.82, 2.24) is 9.97 Å². The van der Waals surface area contributed by atoms with Crippen LogP contribution in [-0.4, -0.2) is 16.5 Å². The molecule has 0 radical (unpaired) electrons. The van der Waals surface area contributed by atoms with E-state index < -0.39 is 0 Å². The first-order chi connectivity index (χ1) is 11.8. The number of benzene rings is 2. The molecular formula is C19H17ClN4. The highest BCUT2D eigenvalue weighted by Crippen LogP contribution is 2.27. The lowest BCUT2D eigenvalue weighted by atomic mass is 10.00. The van der Waals surface area contributed by atoms with Crippen LogP contribution in [0.5, 0.6) is 0 Å². The molecule has 1 aromatic heterocycles. The Bertz CT molecular complexity index is 865. The summed E-state index contributed by atoms with van der Waals surface area (Å²) in [4.78, 5) is 11.0. The molecule has 0 aliphatic carbocycles. The Morgan fingerprint density at radius 2 is 1.75 bits per heavy atom. The number of anilines is 3. The average molecular weight is 337 g/mol. The molecule has 0 spiro atoms. The van der Waals surface area contributed by atoms with Crippen LogP contribution in [0, 0.1) is 0 Å². The fourth-order valence-electron chi connectivity index (χ4n) is 2.98. The van der Waals surface area contributed by atoms with E-state index in [4.69, 9.17) is 11.6 Å². The first kappa shape index (κ1) is 15.0. The van der Waals surface area contributed by atoms with Gasteiger partial charge in [-0.15, -0.1) is 0 Å². The number of hydrogen-bond donors (Lipinski definition) is 1. The van der Waals surface area contributed by atoms with Crippen molar-refractivity contribution in [2.75, 3.05) is 16.8 Å². The Balaban J connectivity index is 1.56.